The van der Waals surface area contributed by atoms with E-state index in [2.05, 4.69) is 47.2 Å². The van der Waals surface area contributed by atoms with E-state index in [1.54, 1.807) is 0 Å². The Kier molecular flexibility index (Phi) is 5.13. The molecule has 0 aromatic heterocycles. The van der Waals surface area contributed by atoms with E-state index < -0.39 is 7.74 Å². The summed E-state index contributed by atoms with van der Waals surface area (Å²) in [6.07, 6.45) is 0. The van der Waals surface area contributed by atoms with Crippen LogP contribution in [0.5, 0.6) is 0 Å². The number of carbonyl (C=O) groups excluding carboxylic acids is 1. The van der Waals surface area contributed by atoms with Crippen molar-refractivity contribution in [2.75, 3.05) is 0 Å². The van der Waals surface area contributed by atoms with Crippen LogP contribution in [0.25, 0.3) is 0 Å². The van der Waals surface area contributed by atoms with Gasteiger partial charge >= 0.3 is 0 Å². The summed E-state index contributed by atoms with van der Waals surface area (Å²) in [6, 6.07) is 0. The van der Waals surface area contributed by atoms with Gasteiger partial charge in [0, 0.05) is 0 Å². The summed E-state index contributed by atoms with van der Waals surface area (Å²) in [7, 11) is -0.513. The van der Waals surface area contributed by atoms with E-state index in [1.165, 1.54) is 0 Å². The molecule has 0 unspecified atom stereocenters. The minimum absolute atomic E-state index is 0.663. The van der Waals surface area contributed by atoms with Gasteiger partial charge in [-0.05, 0) is 24.4 Å². The molecule has 0 amide bonds. The van der Waals surface area contributed by atoms with Crippen molar-refractivity contribution in [3.05, 3.63) is 0 Å². The topological polar surface area (TPSA) is 17.1 Å². The first kappa shape index (κ1) is 13.1. The van der Waals surface area contributed by atoms with Gasteiger partial charge in [0.25, 0.3) is 0 Å². The molecule has 0 N–H and O–H groups in total. The van der Waals surface area contributed by atoms with E-state index in [1.807, 2.05) is 0 Å². The first-order valence-electron chi connectivity index (χ1n) is 4.98. The molecule has 0 radical (unpaired) electrons. The van der Waals surface area contributed by atoms with Crippen LogP contribution >= 0.6 is 7.75 Å². The van der Waals surface area contributed by atoms with Crippen LogP contribution in [0.2, 0.25) is 16.6 Å². The summed E-state index contributed by atoms with van der Waals surface area (Å²) < 4.78 is 0. The van der Waals surface area contributed by atoms with Crippen LogP contribution in [0.3, 0.4) is 0 Å². The molecule has 13 heavy (non-hydrogen) atoms. The van der Waals surface area contributed by atoms with Crippen LogP contribution in [-0.4, -0.2) is 13.4 Å². The van der Waals surface area contributed by atoms with E-state index in [-0.39, 0.29) is 0 Å². The molecule has 0 aromatic rings. The zero-order chi connectivity index (χ0) is 10.6. The Labute approximate surface area is 84.6 Å². The molecule has 1 nitrogen and oxygen atoms in total. The van der Waals surface area contributed by atoms with Crippen LogP contribution in [0.15, 0.2) is 0 Å². The van der Waals surface area contributed by atoms with E-state index in [9.17, 15) is 4.79 Å². The molecule has 0 aliphatic rings. The summed E-state index contributed by atoms with van der Waals surface area (Å²) in [6.45, 7) is 13.6. The molecule has 0 heterocycles. The smallest absolute Gasteiger partial charge is 0.143 e. The van der Waals surface area contributed by atoms with Crippen molar-refractivity contribution in [3.63, 3.8) is 0 Å². The fourth-order valence-corrected chi connectivity index (χ4v) is 10.2. The lowest BCUT2D eigenvalue weighted by molar-refractivity contribution is 0.572. The standard InChI is InChI=1S/C10H21OPSi/c1-8(2)13(9(3)4,10(5)6)12-7-11/h8-10H,1-6H3. The van der Waals surface area contributed by atoms with Crippen molar-refractivity contribution in [2.24, 2.45) is 0 Å². The lowest BCUT2D eigenvalue weighted by atomic mass is 10.5. The molecule has 0 atom stereocenters. The highest BCUT2D eigenvalue weighted by atomic mass is 31.3. The van der Waals surface area contributed by atoms with E-state index in [0.29, 0.717) is 16.6 Å². The minimum atomic E-state index is -1.48. The van der Waals surface area contributed by atoms with Crippen LogP contribution in [0.1, 0.15) is 41.5 Å². The maximum absolute atomic E-state index is 10.6. The van der Waals surface area contributed by atoms with Crippen molar-refractivity contribution in [2.45, 2.75) is 58.2 Å². The van der Waals surface area contributed by atoms with Crippen molar-refractivity contribution in [1.82, 2.24) is 0 Å². The molecule has 0 spiro atoms. The van der Waals surface area contributed by atoms with Crippen molar-refractivity contribution >= 4 is 21.2 Å². The Morgan fingerprint density at radius 2 is 1.23 bits per heavy atom. The zero-order valence-corrected chi connectivity index (χ0v) is 11.5. The first-order chi connectivity index (χ1) is 5.89. The largest absolute Gasteiger partial charge is 0.229 e. The lowest BCUT2D eigenvalue weighted by Crippen LogP contribution is -2.38. The third-order valence-corrected chi connectivity index (χ3v) is 15.1. The summed E-state index contributed by atoms with van der Waals surface area (Å²) in [5.74, 6) is 0. The molecular weight excluding hydrogens is 195 g/mol. The maximum Gasteiger partial charge on any atom is 0.143 e. The van der Waals surface area contributed by atoms with Crippen molar-refractivity contribution in [3.8, 4) is 0 Å². The summed E-state index contributed by atoms with van der Waals surface area (Å²) in [4.78, 5) is 10.6. The third-order valence-electron chi connectivity index (χ3n) is 3.01. The molecule has 0 rings (SSSR count). The first-order valence-corrected chi connectivity index (χ1v) is 8.95. The molecule has 0 saturated heterocycles. The van der Waals surface area contributed by atoms with Gasteiger partial charge in [-0.25, -0.2) is 4.79 Å². The van der Waals surface area contributed by atoms with E-state index in [0.717, 1.165) is 7.75 Å². The third kappa shape index (κ3) is 2.53. The van der Waals surface area contributed by atoms with Gasteiger partial charge in [0.1, 0.15) is 13.4 Å². The minimum Gasteiger partial charge on any atom is -0.229 e. The monoisotopic (exact) mass is 216 g/mol. The van der Waals surface area contributed by atoms with Crippen molar-refractivity contribution in [1.29, 1.82) is 0 Å². The molecule has 0 aliphatic heterocycles. The van der Waals surface area contributed by atoms with Gasteiger partial charge in [-0.1, -0.05) is 41.5 Å². The molecule has 0 fully saturated rings. The average Bonchev–Trinajstić information content (AvgIpc) is 1.97. The highest BCUT2D eigenvalue weighted by molar-refractivity contribution is 7.81. The highest BCUT2D eigenvalue weighted by Crippen LogP contribution is 2.48. The van der Waals surface area contributed by atoms with Gasteiger partial charge in [0.2, 0.25) is 0 Å². The summed E-state index contributed by atoms with van der Waals surface area (Å²) in [5, 5.41) is 0. The number of hydrogen-bond acceptors (Lipinski definition) is 1. The molecule has 3 heteroatoms. The van der Waals surface area contributed by atoms with Gasteiger partial charge < -0.3 is 0 Å². The van der Waals surface area contributed by atoms with Crippen LogP contribution < -0.4 is 0 Å². The highest BCUT2D eigenvalue weighted by Gasteiger charge is 2.42. The molecule has 0 aliphatic carbocycles. The second kappa shape index (κ2) is 5.10. The lowest BCUT2D eigenvalue weighted by Gasteiger charge is -2.38. The van der Waals surface area contributed by atoms with E-state index >= 15 is 0 Å². The predicted octanol–water partition coefficient (Wildman–Crippen LogP) is 4.18. The van der Waals surface area contributed by atoms with Crippen molar-refractivity contribution < 1.29 is 4.79 Å². The maximum atomic E-state index is 10.6. The van der Waals surface area contributed by atoms with Crippen LogP contribution in [-0.2, 0) is 4.79 Å². The van der Waals surface area contributed by atoms with Gasteiger partial charge in [0.05, 0.1) is 0 Å². The normalized spacial score (nSPS) is 13.0. The Hall–Kier alpha value is 0.0969. The van der Waals surface area contributed by atoms with Crippen LogP contribution in [0.4, 0.5) is 0 Å². The Morgan fingerprint density at radius 3 is 1.31 bits per heavy atom. The number of rotatable bonds is 4. The zero-order valence-electron chi connectivity index (χ0n) is 9.59. The Balaban J connectivity index is 5.17. The molecule has 0 bridgehead atoms. The predicted molar refractivity (Wildman–Crippen MR) is 63.7 cm³/mol. The summed E-state index contributed by atoms with van der Waals surface area (Å²) >= 11 is 0. The Morgan fingerprint density at radius 1 is 0.923 bits per heavy atom. The van der Waals surface area contributed by atoms with Gasteiger partial charge in [0.15, 0.2) is 0 Å². The van der Waals surface area contributed by atoms with Gasteiger partial charge in [-0.3, -0.25) is 0 Å². The second-order valence-corrected chi connectivity index (χ2v) is 13.2. The SMILES string of the molecule is CC(C)[Si](P=C=O)(C(C)C)C(C)C. The molecule has 76 valence electrons. The summed E-state index contributed by atoms with van der Waals surface area (Å²) in [5.41, 5.74) is 4.12. The van der Waals surface area contributed by atoms with Gasteiger partial charge in [-0.15, -0.1) is 0 Å². The number of hydrogen-bond donors (Lipinski definition) is 0. The fourth-order valence-electron chi connectivity index (χ4n) is 2.47. The Bertz CT molecular complexity index is 183. The molecule has 0 aromatic carbocycles. The second-order valence-electron chi connectivity index (χ2n) is 4.55. The van der Waals surface area contributed by atoms with Gasteiger partial charge in [-0.2, -0.15) is 0 Å². The average molecular weight is 216 g/mol. The van der Waals surface area contributed by atoms with Crippen LogP contribution in [0, 0.1) is 0 Å². The fraction of sp³-hybridized carbons (Fsp3) is 0.900. The quantitative estimate of drug-likeness (QED) is 0.509. The molecule has 0 saturated carbocycles. The van der Waals surface area contributed by atoms with E-state index in [4.69, 9.17) is 0 Å². The molecular formula is C10H21OPSi.